The highest BCUT2D eigenvalue weighted by atomic mass is 16.5. The van der Waals surface area contributed by atoms with Gasteiger partial charge in [-0.15, -0.1) is 0 Å². The molecule has 3 heterocycles. The van der Waals surface area contributed by atoms with Crippen LogP contribution in [0.2, 0.25) is 0 Å². The van der Waals surface area contributed by atoms with Crippen molar-refractivity contribution in [1.82, 2.24) is 9.55 Å². The minimum absolute atomic E-state index is 0.237. The van der Waals surface area contributed by atoms with Crippen LogP contribution in [0.15, 0.2) is 82.3 Å². The molecule has 0 radical (unpaired) electrons. The monoisotopic (exact) mass is 407 g/mol. The number of hydrogen-bond donors (Lipinski definition) is 1. The van der Waals surface area contributed by atoms with Gasteiger partial charge in [-0.1, -0.05) is 54.6 Å². The maximum Gasteiger partial charge on any atom is 0.344 e. The van der Waals surface area contributed by atoms with Crippen LogP contribution in [-0.4, -0.2) is 9.55 Å². The molecule has 1 atom stereocenters. The summed E-state index contributed by atoms with van der Waals surface area (Å²) >= 11 is 0. The predicted molar refractivity (Wildman–Crippen MR) is 117 cm³/mol. The van der Waals surface area contributed by atoms with E-state index in [-0.39, 0.29) is 5.49 Å². The van der Waals surface area contributed by atoms with Gasteiger partial charge in [-0.3, -0.25) is 5.41 Å². The first kappa shape index (κ1) is 17.7. The second kappa shape index (κ2) is 6.40. The third-order valence-electron chi connectivity index (χ3n) is 5.90. The highest BCUT2D eigenvalue weighted by molar-refractivity contribution is 5.90. The SMILES string of the molecule is Cn1cnc2c(c1=N)C(c1cccc3ccccc13)c1c(c3ccccc3oc1=O)O2. The first-order chi connectivity index (χ1) is 15.1. The number of para-hydroxylation sites is 1. The van der Waals surface area contributed by atoms with Crippen LogP contribution in [0.25, 0.3) is 21.7 Å². The number of hydrogen-bond acceptors (Lipinski definition) is 5. The normalized spacial score (nSPS) is 14.8. The summed E-state index contributed by atoms with van der Waals surface area (Å²) in [6.07, 6.45) is 1.56. The number of aryl methyl sites for hydroxylation is 1. The van der Waals surface area contributed by atoms with Crippen molar-refractivity contribution in [3.63, 3.8) is 0 Å². The number of benzene rings is 3. The Morgan fingerprint density at radius 3 is 2.55 bits per heavy atom. The van der Waals surface area contributed by atoms with Gasteiger partial charge in [-0.05, 0) is 28.5 Å². The fraction of sp³-hybridized carbons (Fsp3) is 0.0800. The Balaban J connectivity index is 1.80. The topological polar surface area (TPSA) is 81.1 Å². The first-order valence-electron chi connectivity index (χ1n) is 9.95. The van der Waals surface area contributed by atoms with Crippen LogP contribution in [0.1, 0.15) is 22.6 Å². The molecule has 0 saturated carbocycles. The van der Waals surface area contributed by atoms with Crippen molar-refractivity contribution < 1.29 is 9.15 Å². The standard InChI is InChI=1S/C25H17N3O3/c1-28-13-27-24-21(23(28)26)19(16-11-6-8-14-7-2-3-9-15(14)16)20-22(31-24)17-10-4-5-12-18(17)30-25(20)29/h2-13,19,26H,1H3. The molecule has 6 rings (SSSR count). The van der Waals surface area contributed by atoms with Crippen molar-refractivity contribution in [2.45, 2.75) is 5.92 Å². The summed E-state index contributed by atoms with van der Waals surface area (Å²) in [7, 11) is 1.76. The van der Waals surface area contributed by atoms with E-state index in [2.05, 4.69) is 4.98 Å². The van der Waals surface area contributed by atoms with E-state index in [0.717, 1.165) is 16.3 Å². The maximum absolute atomic E-state index is 13.3. The van der Waals surface area contributed by atoms with Crippen molar-refractivity contribution in [2.24, 2.45) is 7.05 Å². The zero-order chi connectivity index (χ0) is 21.1. The van der Waals surface area contributed by atoms with Crippen LogP contribution in [0.4, 0.5) is 0 Å². The van der Waals surface area contributed by atoms with E-state index in [1.54, 1.807) is 24.0 Å². The summed E-state index contributed by atoms with van der Waals surface area (Å²) in [5, 5.41) is 11.5. The van der Waals surface area contributed by atoms with E-state index >= 15 is 0 Å². The summed E-state index contributed by atoms with van der Waals surface area (Å²) in [6.45, 7) is 0. The van der Waals surface area contributed by atoms with Crippen molar-refractivity contribution in [1.29, 1.82) is 5.41 Å². The lowest BCUT2D eigenvalue weighted by atomic mass is 9.82. The molecule has 150 valence electrons. The Morgan fingerprint density at radius 1 is 0.935 bits per heavy atom. The summed E-state index contributed by atoms with van der Waals surface area (Å²) in [4.78, 5) is 17.7. The Labute approximate surface area is 176 Å². The van der Waals surface area contributed by atoms with Crippen molar-refractivity contribution in [2.75, 3.05) is 0 Å². The molecule has 5 aromatic rings. The number of ether oxygens (including phenoxy) is 1. The van der Waals surface area contributed by atoms with Crippen LogP contribution < -0.4 is 15.9 Å². The molecule has 0 bridgehead atoms. The number of nitrogens with one attached hydrogen (secondary N) is 1. The van der Waals surface area contributed by atoms with Crippen LogP contribution in [-0.2, 0) is 7.05 Å². The molecule has 0 amide bonds. The maximum atomic E-state index is 13.3. The largest absolute Gasteiger partial charge is 0.437 e. The van der Waals surface area contributed by atoms with E-state index in [1.807, 2.05) is 60.7 Å². The van der Waals surface area contributed by atoms with Gasteiger partial charge >= 0.3 is 5.63 Å². The summed E-state index contributed by atoms with van der Waals surface area (Å²) < 4.78 is 13.5. The smallest absolute Gasteiger partial charge is 0.344 e. The van der Waals surface area contributed by atoms with E-state index in [1.165, 1.54) is 0 Å². The van der Waals surface area contributed by atoms with Gasteiger partial charge in [-0.2, -0.15) is 0 Å². The lowest BCUT2D eigenvalue weighted by Crippen LogP contribution is -2.31. The fourth-order valence-electron chi connectivity index (χ4n) is 4.45. The van der Waals surface area contributed by atoms with Gasteiger partial charge < -0.3 is 13.7 Å². The third-order valence-corrected chi connectivity index (χ3v) is 5.90. The molecular weight excluding hydrogens is 390 g/mol. The first-order valence-corrected chi connectivity index (χ1v) is 9.95. The zero-order valence-electron chi connectivity index (χ0n) is 16.6. The summed E-state index contributed by atoms with van der Waals surface area (Å²) in [5.41, 5.74) is 2.08. The molecule has 6 heteroatoms. The van der Waals surface area contributed by atoms with Crippen LogP contribution in [0.3, 0.4) is 0 Å². The molecule has 0 fully saturated rings. The van der Waals surface area contributed by atoms with Gasteiger partial charge in [0.25, 0.3) is 0 Å². The van der Waals surface area contributed by atoms with E-state index < -0.39 is 11.5 Å². The quantitative estimate of drug-likeness (QED) is 0.409. The van der Waals surface area contributed by atoms with Gasteiger partial charge in [0.05, 0.1) is 28.8 Å². The third kappa shape index (κ3) is 2.48. The van der Waals surface area contributed by atoms with Crippen molar-refractivity contribution >= 4 is 21.7 Å². The number of aromatic nitrogens is 2. The van der Waals surface area contributed by atoms with Crippen LogP contribution in [0.5, 0.6) is 11.6 Å². The van der Waals surface area contributed by atoms with Gasteiger partial charge in [0.1, 0.15) is 11.1 Å². The molecule has 0 saturated heterocycles. The average molecular weight is 407 g/mol. The highest BCUT2D eigenvalue weighted by Crippen LogP contribution is 2.47. The number of nitrogens with zero attached hydrogens (tertiary/aromatic N) is 2. The summed E-state index contributed by atoms with van der Waals surface area (Å²) in [5.74, 6) is 0.237. The fourth-order valence-corrected chi connectivity index (χ4v) is 4.45. The van der Waals surface area contributed by atoms with Gasteiger partial charge in [0, 0.05) is 7.05 Å². The Morgan fingerprint density at radius 2 is 1.68 bits per heavy atom. The average Bonchev–Trinajstić information content (AvgIpc) is 2.80. The molecule has 0 spiro atoms. The minimum atomic E-state index is -0.543. The molecule has 1 aliphatic rings. The van der Waals surface area contributed by atoms with Crippen LogP contribution in [0, 0.1) is 5.41 Å². The Kier molecular flexibility index (Phi) is 3.65. The second-order valence-electron chi connectivity index (χ2n) is 7.65. The van der Waals surface area contributed by atoms with Gasteiger partial charge in [-0.25, -0.2) is 9.78 Å². The molecule has 2 aromatic heterocycles. The van der Waals surface area contributed by atoms with Gasteiger partial charge in [0.2, 0.25) is 5.88 Å². The van der Waals surface area contributed by atoms with E-state index in [9.17, 15) is 4.79 Å². The van der Waals surface area contributed by atoms with E-state index in [0.29, 0.717) is 33.7 Å². The molecule has 1 N–H and O–H groups in total. The minimum Gasteiger partial charge on any atom is -0.437 e. The molecule has 0 aliphatic carbocycles. The molecular formula is C25H17N3O3. The van der Waals surface area contributed by atoms with Crippen LogP contribution >= 0.6 is 0 Å². The predicted octanol–water partition coefficient (Wildman–Crippen LogP) is 4.45. The molecule has 1 unspecified atom stereocenters. The Hall–Kier alpha value is -4.19. The molecule has 1 aliphatic heterocycles. The lowest BCUT2D eigenvalue weighted by molar-refractivity contribution is 0.416. The molecule has 31 heavy (non-hydrogen) atoms. The molecule has 6 nitrogen and oxygen atoms in total. The second-order valence-corrected chi connectivity index (χ2v) is 7.65. The molecule has 3 aromatic carbocycles. The van der Waals surface area contributed by atoms with E-state index in [4.69, 9.17) is 14.6 Å². The van der Waals surface area contributed by atoms with Crippen molar-refractivity contribution in [3.05, 3.63) is 106 Å². The summed E-state index contributed by atoms with van der Waals surface area (Å²) in [6, 6.07) is 21.3. The number of fused-ring (bicyclic) bond motifs is 5. The number of rotatable bonds is 1. The van der Waals surface area contributed by atoms with Gasteiger partial charge in [0.15, 0.2) is 5.75 Å². The van der Waals surface area contributed by atoms with Crippen molar-refractivity contribution in [3.8, 4) is 11.6 Å². The Bertz CT molecular complexity index is 1630. The zero-order valence-corrected chi connectivity index (χ0v) is 16.6. The lowest BCUT2D eigenvalue weighted by Gasteiger charge is -2.28. The highest BCUT2D eigenvalue weighted by Gasteiger charge is 2.37.